The third-order valence-electron chi connectivity index (χ3n) is 4.73. The lowest BCUT2D eigenvalue weighted by Crippen LogP contribution is -2.47. The third kappa shape index (κ3) is 8.79. The summed E-state index contributed by atoms with van der Waals surface area (Å²) < 4.78 is 5.08. The number of ether oxygens (including phenoxy) is 1. The number of amides is 3. The Morgan fingerprint density at radius 2 is 1.88 bits per heavy atom. The Morgan fingerprint density at radius 1 is 1.18 bits per heavy atom. The van der Waals surface area contributed by atoms with Crippen molar-refractivity contribution in [3.8, 4) is 0 Å². The molecule has 11 nitrogen and oxygen atoms in total. The van der Waals surface area contributed by atoms with Gasteiger partial charge >= 0.3 is 6.09 Å². The van der Waals surface area contributed by atoms with Gasteiger partial charge in [0.15, 0.2) is 5.96 Å². The molecule has 0 aliphatic heterocycles. The Balaban J connectivity index is 1.74. The molecule has 2 rings (SSSR count). The highest BCUT2D eigenvalue weighted by Gasteiger charge is 2.24. The second-order valence-electron chi connectivity index (χ2n) is 7.87. The van der Waals surface area contributed by atoms with Crippen LogP contribution in [0.1, 0.15) is 53.8 Å². The van der Waals surface area contributed by atoms with Gasteiger partial charge in [0.1, 0.15) is 23.4 Å². The van der Waals surface area contributed by atoms with Gasteiger partial charge in [0, 0.05) is 11.9 Å². The average Bonchev–Trinajstić information content (AvgIpc) is 3.29. The van der Waals surface area contributed by atoms with E-state index in [1.54, 1.807) is 19.2 Å². The molecule has 1 aromatic heterocycles. The predicted octanol–water partition coefficient (Wildman–Crippen LogP) is 1.40. The summed E-state index contributed by atoms with van der Waals surface area (Å²) in [6.45, 7) is 4.04. The van der Waals surface area contributed by atoms with Gasteiger partial charge in [-0.3, -0.25) is 19.9 Å². The minimum atomic E-state index is -0.779. The van der Waals surface area contributed by atoms with E-state index in [0.717, 1.165) is 5.56 Å². The Bertz CT molecular complexity index is 994. The topological polar surface area (TPSA) is 188 Å². The molecule has 0 fully saturated rings. The summed E-state index contributed by atoms with van der Waals surface area (Å²) in [5.74, 6) is -1.27. The van der Waals surface area contributed by atoms with Gasteiger partial charge in [-0.25, -0.2) is 9.78 Å². The first-order valence-electron chi connectivity index (χ1n) is 10.8. The maximum Gasteiger partial charge on any atom is 0.414 e. The van der Waals surface area contributed by atoms with Crippen molar-refractivity contribution in [1.29, 1.82) is 0 Å². The van der Waals surface area contributed by atoms with Crippen LogP contribution in [0.2, 0.25) is 0 Å². The summed E-state index contributed by atoms with van der Waals surface area (Å²) in [7, 11) is 0. The van der Waals surface area contributed by atoms with Crippen LogP contribution in [0.25, 0.3) is 0 Å². The number of rotatable bonds is 11. The van der Waals surface area contributed by atoms with Gasteiger partial charge in [0.25, 0.3) is 5.91 Å². The van der Waals surface area contributed by atoms with Crippen LogP contribution in [0.3, 0.4) is 0 Å². The maximum absolute atomic E-state index is 12.4. The smallest absolute Gasteiger partial charge is 0.414 e. The number of carbonyl (C=O) groups excluding carboxylic acids is 3. The fourth-order valence-electron chi connectivity index (χ4n) is 2.88. The minimum Gasteiger partial charge on any atom is -0.444 e. The van der Waals surface area contributed by atoms with Crippen molar-refractivity contribution in [2.45, 2.75) is 45.4 Å². The summed E-state index contributed by atoms with van der Waals surface area (Å²) in [4.78, 5) is 44.0. The third-order valence-corrected chi connectivity index (χ3v) is 5.71. The van der Waals surface area contributed by atoms with Gasteiger partial charge in [-0.2, -0.15) is 0 Å². The summed E-state index contributed by atoms with van der Waals surface area (Å²) in [5.41, 5.74) is 18.3. The van der Waals surface area contributed by atoms with Crippen molar-refractivity contribution in [1.82, 2.24) is 15.6 Å². The van der Waals surface area contributed by atoms with Crippen LogP contribution in [0.4, 0.5) is 4.79 Å². The fourth-order valence-corrected chi connectivity index (χ4v) is 3.72. The van der Waals surface area contributed by atoms with Crippen molar-refractivity contribution >= 4 is 35.2 Å². The molecule has 0 saturated heterocycles. The normalized spacial score (nSPS) is 13.2. The molecule has 34 heavy (non-hydrogen) atoms. The SMILES string of the molecule is CC(C)C(NC(=O)c1csc(C(N)CCCN=C(N)NC(=O)OCc2ccccc2)n1)C(N)=O. The lowest BCUT2D eigenvalue weighted by molar-refractivity contribution is -0.120. The highest BCUT2D eigenvalue weighted by molar-refractivity contribution is 7.09. The minimum absolute atomic E-state index is 0.0472. The van der Waals surface area contributed by atoms with Crippen LogP contribution in [-0.4, -0.2) is 41.4 Å². The van der Waals surface area contributed by atoms with Crippen molar-refractivity contribution < 1.29 is 19.1 Å². The average molecular weight is 490 g/mol. The number of benzene rings is 1. The molecular weight excluding hydrogens is 458 g/mol. The van der Waals surface area contributed by atoms with Gasteiger partial charge in [0.2, 0.25) is 5.91 Å². The van der Waals surface area contributed by atoms with Crippen LogP contribution in [-0.2, 0) is 16.1 Å². The number of guanidine groups is 1. The second kappa shape index (κ2) is 13.3. The molecule has 2 unspecified atom stereocenters. The van der Waals surface area contributed by atoms with E-state index in [2.05, 4.69) is 20.6 Å². The van der Waals surface area contributed by atoms with E-state index in [1.807, 2.05) is 30.3 Å². The zero-order valence-corrected chi connectivity index (χ0v) is 20.0. The molecule has 0 radical (unpaired) electrons. The predicted molar refractivity (Wildman–Crippen MR) is 130 cm³/mol. The first-order chi connectivity index (χ1) is 16.2. The Kier molecular flexibility index (Phi) is 10.4. The highest BCUT2D eigenvalue weighted by Crippen LogP contribution is 2.20. The van der Waals surface area contributed by atoms with Gasteiger partial charge in [-0.15, -0.1) is 11.3 Å². The summed E-state index contributed by atoms with van der Waals surface area (Å²) in [6.07, 6.45) is 0.437. The van der Waals surface area contributed by atoms with Gasteiger partial charge in [-0.05, 0) is 24.3 Å². The molecule has 0 aliphatic carbocycles. The molecule has 2 atom stereocenters. The number of nitrogens with zero attached hydrogens (tertiary/aromatic N) is 2. The fraction of sp³-hybridized carbons (Fsp3) is 0.409. The maximum atomic E-state index is 12.4. The summed E-state index contributed by atoms with van der Waals surface area (Å²) in [5, 5.41) is 7.14. The molecular formula is C22H31N7O4S. The van der Waals surface area contributed by atoms with E-state index < -0.39 is 30.0 Å². The first kappa shape index (κ1) is 26.7. The molecule has 0 bridgehead atoms. The van der Waals surface area contributed by atoms with Gasteiger partial charge in [0.05, 0.1) is 6.04 Å². The van der Waals surface area contributed by atoms with Crippen molar-refractivity contribution in [2.24, 2.45) is 28.1 Å². The molecule has 12 heteroatoms. The zero-order chi connectivity index (χ0) is 25.1. The van der Waals surface area contributed by atoms with E-state index in [9.17, 15) is 14.4 Å². The van der Waals surface area contributed by atoms with E-state index >= 15 is 0 Å². The number of thiazole rings is 1. The number of hydrogen-bond acceptors (Lipinski definition) is 8. The standard InChI is InChI=1S/C22H31N7O4S/c1-13(2)17(18(24)30)28-19(31)16-12-34-20(27-16)15(23)9-6-10-26-21(25)29-22(32)33-11-14-7-4-3-5-8-14/h3-5,7-8,12-13,15,17H,6,9-11,23H2,1-2H3,(H2,24,30)(H,28,31)(H3,25,26,29,32). The van der Waals surface area contributed by atoms with Crippen LogP contribution in [0.5, 0.6) is 0 Å². The number of hydrogen-bond donors (Lipinski definition) is 5. The van der Waals surface area contributed by atoms with Gasteiger partial charge < -0.3 is 27.3 Å². The van der Waals surface area contributed by atoms with Crippen LogP contribution < -0.4 is 27.8 Å². The lowest BCUT2D eigenvalue weighted by Gasteiger charge is -2.18. The Morgan fingerprint density at radius 3 is 2.53 bits per heavy atom. The van der Waals surface area contributed by atoms with Crippen molar-refractivity contribution in [3.63, 3.8) is 0 Å². The number of nitrogens with one attached hydrogen (secondary N) is 2. The number of primary amides is 1. The molecule has 3 amide bonds. The number of alkyl carbamates (subject to hydrolysis) is 1. The van der Waals surface area contributed by atoms with Crippen molar-refractivity contribution in [3.05, 3.63) is 52.0 Å². The molecule has 0 spiro atoms. The number of carbonyl (C=O) groups is 3. The van der Waals surface area contributed by atoms with E-state index in [4.69, 9.17) is 21.9 Å². The number of aromatic nitrogens is 1. The quantitative estimate of drug-likeness (QED) is 0.179. The van der Waals surface area contributed by atoms with E-state index in [-0.39, 0.29) is 24.2 Å². The van der Waals surface area contributed by atoms with Crippen LogP contribution in [0.15, 0.2) is 40.7 Å². The second-order valence-corrected chi connectivity index (χ2v) is 8.76. The molecule has 2 aromatic rings. The Labute approximate surface area is 202 Å². The number of aliphatic imine (C=N–C) groups is 1. The molecule has 8 N–H and O–H groups in total. The molecule has 1 aromatic carbocycles. The molecule has 0 aliphatic rings. The van der Waals surface area contributed by atoms with E-state index in [1.165, 1.54) is 11.3 Å². The summed E-state index contributed by atoms with van der Waals surface area (Å²) >= 11 is 1.26. The molecule has 184 valence electrons. The largest absolute Gasteiger partial charge is 0.444 e. The van der Waals surface area contributed by atoms with Gasteiger partial charge in [-0.1, -0.05) is 44.2 Å². The zero-order valence-electron chi connectivity index (χ0n) is 19.2. The van der Waals surface area contributed by atoms with E-state index in [0.29, 0.717) is 24.4 Å². The lowest BCUT2D eigenvalue weighted by atomic mass is 10.0. The Hall–Kier alpha value is -3.51. The molecule has 0 saturated carbocycles. The number of nitrogens with two attached hydrogens (primary N) is 3. The monoisotopic (exact) mass is 489 g/mol. The first-order valence-corrected chi connectivity index (χ1v) is 11.6. The molecule has 1 heterocycles. The van der Waals surface area contributed by atoms with Crippen LogP contribution in [0, 0.1) is 5.92 Å². The van der Waals surface area contributed by atoms with Crippen molar-refractivity contribution in [2.75, 3.05) is 6.54 Å². The summed E-state index contributed by atoms with van der Waals surface area (Å²) in [6, 6.07) is 8.08. The van der Waals surface area contributed by atoms with Crippen LogP contribution >= 0.6 is 11.3 Å². The highest BCUT2D eigenvalue weighted by atomic mass is 32.1.